The standard InChI is InChI=1S/C17H19ClFN/c1-17(2,13-6-4-3-5-7-13)16(20)11-12-8-9-14(18)15(19)10-12/h3-10,16H,11,20H2,1-2H3. The van der Waals surface area contributed by atoms with E-state index >= 15 is 0 Å². The van der Waals surface area contributed by atoms with E-state index in [1.54, 1.807) is 6.07 Å². The lowest BCUT2D eigenvalue weighted by molar-refractivity contribution is 0.406. The van der Waals surface area contributed by atoms with Crippen LogP contribution in [0.25, 0.3) is 0 Å². The van der Waals surface area contributed by atoms with Gasteiger partial charge in [-0.15, -0.1) is 0 Å². The maximum atomic E-state index is 13.5. The van der Waals surface area contributed by atoms with Crippen LogP contribution < -0.4 is 5.73 Å². The highest BCUT2D eigenvalue weighted by atomic mass is 35.5. The van der Waals surface area contributed by atoms with Crippen LogP contribution in [0.3, 0.4) is 0 Å². The van der Waals surface area contributed by atoms with E-state index in [4.69, 9.17) is 17.3 Å². The molecule has 2 aromatic rings. The van der Waals surface area contributed by atoms with Crippen molar-refractivity contribution in [1.29, 1.82) is 0 Å². The van der Waals surface area contributed by atoms with Crippen LogP contribution in [0.2, 0.25) is 5.02 Å². The van der Waals surface area contributed by atoms with Crippen molar-refractivity contribution in [3.8, 4) is 0 Å². The Morgan fingerprint density at radius 3 is 2.40 bits per heavy atom. The number of hydrogen-bond acceptors (Lipinski definition) is 1. The smallest absolute Gasteiger partial charge is 0.142 e. The lowest BCUT2D eigenvalue weighted by Crippen LogP contribution is -2.42. The summed E-state index contributed by atoms with van der Waals surface area (Å²) in [4.78, 5) is 0. The van der Waals surface area contributed by atoms with Crippen LogP contribution in [0.1, 0.15) is 25.0 Å². The Morgan fingerprint density at radius 1 is 1.15 bits per heavy atom. The van der Waals surface area contributed by atoms with Gasteiger partial charge in [0, 0.05) is 11.5 Å². The maximum absolute atomic E-state index is 13.5. The molecular weight excluding hydrogens is 273 g/mol. The van der Waals surface area contributed by atoms with E-state index in [2.05, 4.69) is 26.0 Å². The van der Waals surface area contributed by atoms with Gasteiger partial charge in [0.15, 0.2) is 0 Å². The third-order valence-corrected chi connectivity index (χ3v) is 4.19. The molecule has 0 saturated heterocycles. The zero-order chi connectivity index (χ0) is 14.8. The minimum Gasteiger partial charge on any atom is -0.327 e. The van der Waals surface area contributed by atoms with Crippen LogP contribution >= 0.6 is 11.6 Å². The Hall–Kier alpha value is -1.38. The molecule has 0 radical (unpaired) electrons. The van der Waals surface area contributed by atoms with E-state index in [9.17, 15) is 4.39 Å². The molecule has 20 heavy (non-hydrogen) atoms. The molecule has 3 heteroatoms. The van der Waals surface area contributed by atoms with Gasteiger partial charge in [-0.2, -0.15) is 0 Å². The fourth-order valence-corrected chi connectivity index (χ4v) is 2.38. The van der Waals surface area contributed by atoms with Crippen LogP contribution in [0, 0.1) is 5.82 Å². The summed E-state index contributed by atoms with van der Waals surface area (Å²) in [5.41, 5.74) is 8.21. The zero-order valence-corrected chi connectivity index (χ0v) is 12.5. The zero-order valence-electron chi connectivity index (χ0n) is 11.7. The minimum absolute atomic E-state index is 0.106. The Bertz CT molecular complexity index is 581. The molecule has 2 rings (SSSR count). The molecule has 0 aliphatic rings. The summed E-state index contributed by atoms with van der Waals surface area (Å²) in [5.74, 6) is -0.395. The molecule has 106 valence electrons. The van der Waals surface area contributed by atoms with Crippen molar-refractivity contribution >= 4 is 11.6 Å². The van der Waals surface area contributed by atoms with Gasteiger partial charge in [-0.3, -0.25) is 0 Å². The highest BCUT2D eigenvalue weighted by Gasteiger charge is 2.28. The molecule has 0 spiro atoms. The van der Waals surface area contributed by atoms with Crippen LogP contribution in [0.5, 0.6) is 0 Å². The normalized spacial score (nSPS) is 13.2. The molecule has 0 aromatic heterocycles. The fraction of sp³-hybridized carbons (Fsp3) is 0.294. The van der Waals surface area contributed by atoms with Gasteiger partial charge in [-0.1, -0.05) is 61.8 Å². The molecule has 2 N–H and O–H groups in total. The number of nitrogens with two attached hydrogens (primary N) is 1. The summed E-state index contributed by atoms with van der Waals surface area (Å²) < 4.78 is 13.5. The lowest BCUT2D eigenvalue weighted by atomic mass is 9.76. The molecule has 0 fully saturated rings. The molecule has 1 unspecified atom stereocenters. The molecule has 0 saturated carbocycles. The Kier molecular flexibility index (Phi) is 4.46. The molecule has 0 amide bonds. The average Bonchev–Trinajstić information content (AvgIpc) is 2.44. The summed E-state index contributed by atoms with van der Waals surface area (Å²) in [7, 11) is 0. The van der Waals surface area contributed by atoms with Gasteiger partial charge >= 0.3 is 0 Å². The predicted octanol–water partition coefficient (Wildman–Crippen LogP) is 4.33. The van der Waals surface area contributed by atoms with E-state index in [0.29, 0.717) is 6.42 Å². The van der Waals surface area contributed by atoms with Crippen molar-refractivity contribution < 1.29 is 4.39 Å². The Labute approximate surface area is 124 Å². The van der Waals surface area contributed by atoms with Crippen molar-refractivity contribution in [2.75, 3.05) is 0 Å². The van der Waals surface area contributed by atoms with E-state index in [1.807, 2.05) is 24.3 Å². The third-order valence-electron chi connectivity index (χ3n) is 3.88. The summed E-state index contributed by atoms with van der Waals surface area (Å²) in [6.45, 7) is 4.22. The van der Waals surface area contributed by atoms with Gasteiger partial charge in [-0.05, 0) is 29.7 Å². The van der Waals surface area contributed by atoms with Gasteiger partial charge in [0.2, 0.25) is 0 Å². The van der Waals surface area contributed by atoms with Gasteiger partial charge < -0.3 is 5.73 Å². The van der Waals surface area contributed by atoms with Gasteiger partial charge in [0.1, 0.15) is 5.82 Å². The minimum atomic E-state index is -0.395. The Morgan fingerprint density at radius 2 is 1.80 bits per heavy atom. The number of benzene rings is 2. The molecule has 2 aromatic carbocycles. The highest BCUT2D eigenvalue weighted by molar-refractivity contribution is 6.30. The lowest BCUT2D eigenvalue weighted by Gasteiger charge is -2.32. The van der Waals surface area contributed by atoms with Crippen molar-refractivity contribution in [2.45, 2.75) is 31.7 Å². The molecule has 0 aliphatic heterocycles. The summed E-state index contributed by atoms with van der Waals surface area (Å²) in [6, 6.07) is 14.9. The quantitative estimate of drug-likeness (QED) is 0.891. The maximum Gasteiger partial charge on any atom is 0.142 e. The van der Waals surface area contributed by atoms with Gasteiger partial charge in [-0.25, -0.2) is 4.39 Å². The number of rotatable bonds is 4. The summed E-state index contributed by atoms with van der Waals surface area (Å²) in [5, 5.41) is 0.143. The first-order valence-electron chi connectivity index (χ1n) is 6.66. The fourth-order valence-electron chi connectivity index (χ4n) is 2.26. The van der Waals surface area contributed by atoms with Crippen molar-refractivity contribution in [1.82, 2.24) is 0 Å². The second kappa shape index (κ2) is 5.94. The molecular formula is C17H19ClFN. The SMILES string of the molecule is CC(C)(c1ccccc1)C(N)Cc1ccc(Cl)c(F)c1. The average molecular weight is 292 g/mol. The third kappa shape index (κ3) is 3.20. The molecule has 1 atom stereocenters. The predicted molar refractivity (Wildman–Crippen MR) is 82.6 cm³/mol. The summed E-state index contributed by atoms with van der Waals surface area (Å²) in [6.07, 6.45) is 0.607. The van der Waals surface area contributed by atoms with Crippen LogP contribution in [0.4, 0.5) is 4.39 Å². The number of halogens is 2. The largest absolute Gasteiger partial charge is 0.327 e. The molecule has 0 aliphatic carbocycles. The van der Waals surface area contributed by atoms with E-state index in [-0.39, 0.29) is 16.5 Å². The monoisotopic (exact) mass is 291 g/mol. The highest BCUT2D eigenvalue weighted by Crippen LogP contribution is 2.28. The first-order valence-corrected chi connectivity index (χ1v) is 7.04. The van der Waals surface area contributed by atoms with E-state index in [1.165, 1.54) is 11.6 Å². The van der Waals surface area contributed by atoms with Crippen LogP contribution in [-0.2, 0) is 11.8 Å². The van der Waals surface area contributed by atoms with E-state index < -0.39 is 5.82 Å². The number of hydrogen-bond donors (Lipinski definition) is 1. The molecule has 1 nitrogen and oxygen atoms in total. The van der Waals surface area contributed by atoms with Crippen LogP contribution in [0.15, 0.2) is 48.5 Å². The van der Waals surface area contributed by atoms with Crippen molar-refractivity contribution in [3.05, 3.63) is 70.5 Å². The topological polar surface area (TPSA) is 26.0 Å². The van der Waals surface area contributed by atoms with Gasteiger partial charge in [0.05, 0.1) is 5.02 Å². The van der Waals surface area contributed by atoms with Crippen LogP contribution in [-0.4, -0.2) is 6.04 Å². The molecule has 0 heterocycles. The molecule has 0 bridgehead atoms. The first-order chi connectivity index (χ1) is 9.41. The second-order valence-corrected chi connectivity index (χ2v) is 6.05. The Balaban J connectivity index is 2.18. The summed E-state index contributed by atoms with van der Waals surface area (Å²) >= 11 is 5.70. The van der Waals surface area contributed by atoms with Gasteiger partial charge in [0.25, 0.3) is 0 Å². The second-order valence-electron chi connectivity index (χ2n) is 5.65. The van der Waals surface area contributed by atoms with Crippen molar-refractivity contribution in [2.24, 2.45) is 5.73 Å². The first kappa shape index (κ1) is 15.0. The van der Waals surface area contributed by atoms with E-state index in [0.717, 1.165) is 5.56 Å². The van der Waals surface area contributed by atoms with Crippen molar-refractivity contribution in [3.63, 3.8) is 0 Å².